The molecule has 2 amide bonds. The van der Waals surface area contributed by atoms with Gasteiger partial charge in [0.05, 0.1) is 17.7 Å². The van der Waals surface area contributed by atoms with Crippen LogP contribution in [0.4, 0.5) is 23.2 Å². The lowest BCUT2D eigenvalue weighted by molar-refractivity contribution is -0.137. The van der Waals surface area contributed by atoms with Crippen LogP contribution in [0, 0.1) is 5.82 Å². The number of anilines is 1. The molecule has 9 heteroatoms. The van der Waals surface area contributed by atoms with Gasteiger partial charge in [0.25, 0.3) is 11.8 Å². The number of nitrogens with zero attached hydrogens (tertiary/aromatic N) is 2. The number of carbonyl (C=O) groups excluding carboxylic acids is 2. The molecule has 2 aromatic rings. The van der Waals surface area contributed by atoms with Gasteiger partial charge in [-0.3, -0.25) is 9.59 Å². The van der Waals surface area contributed by atoms with Crippen LogP contribution < -0.4 is 10.3 Å². The third-order valence-electron chi connectivity index (χ3n) is 3.52. The van der Waals surface area contributed by atoms with Crippen molar-refractivity contribution >= 4 is 23.3 Å². The molecule has 3 rings (SSSR count). The average Bonchev–Trinajstić information content (AvgIpc) is 2.94. The molecule has 134 valence electrons. The van der Waals surface area contributed by atoms with Crippen molar-refractivity contribution in [2.75, 3.05) is 5.01 Å². The molecule has 0 fully saturated rings. The molecule has 0 saturated carbocycles. The fraction of sp³-hybridized carbons (Fsp3) is 0.118. The van der Waals surface area contributed by atoms with Crippen molar-refractivity contribution in [3.05, 3.63) is 65.5 Å². The maximum absolute atomic E-state index is 13.4. The zero-order chi connectivity index (χ0) is 18.9. The highest BCUT2D eigenvalue weighted by atomic mass is 19.4. The van der Waals surface area contributed by atoms with Gasteiger partial charge in [-0.15, -0.1) is 0 Å². The number of carbonyl (C=O) groups is 2. The Morgan fingerprint density at radius 2 is 1.81 bits per heavy atom. The van der Waals surface area contributed by atoms with E-state index in [9.17, 15) is 27.2 Å². The summed E-state index contributed by atoms with van der Waals surface area (Å²) in [6.07, 6.45) is -5.02. The van der Waals surface area contributed by atoms with Gasteiger partial charge in [-0.25, -0.2) is 4.39 Å². The van der Waals surface area contributed by atoms with Crippen LogP contribution >= 0.6 is 0 Å². The van der Waals surface area contributed by atoms with Crippen molar-refractivity contribution in [1.29, 1.82) is 0 Å². The van der Waals surface area contributed by atoms with Crippen LogP contribution in [0.3, 0.4) is 0 Å². The summed E-state index contributed by atoms with van der Waals surface area (Å²) >= 11 is 0. The average molecular weight is 365 g/mol. The lowest BCUT2D eigenvalue weighted by Crippen LogP contribution is -2.30. The zero-order valence-electron chi connectivity index (χ0n) is 13.0. The summed E-state index contributed by atoms with van der Waals surface area (Å²) < 4.78 is 51.6. The molecule has 2 aromatic carbocycles. The van der Waals surface area contributed by atoms with Crippen molar-refractivity contribution in [2.24, 2.45) is 5.10 Å². The van der Waals surface area contributed by atoms with E-state index in [4.69, 9.17) is 0 Å². The number of para-hydroxylation sites is 1. The first kappa shape index (κ1) is 17.6. The number of hydrogen-bond donors (Lipinski definition) is 1. The number of amidine groups is 1. The van der Waals surface area contributed by atoms with Crippen LogP contribution in [-0.4, -0.2) is 17.6 Å². The molecule has 0 atom stereocenters. The molecule has 1 N–H and O–H groups in total. The zero-order valence-corrected chi connectivity index (χ0v) is 13.0. The lowest BCUT2D eigenvalue weighted by Gasteiger charge is -2.10. The van der Waals surface area contributed by atoms with E-state index in [1.807, 2.05) is 0 Å². The Balaban J connectivity index is 1.81. The van der Waals surface area contributed by atoms with Gasteiger partial charge >= 0.3 is 6.18 Å². The van der Waals surface area contributed by atoms with Gasteiger partial charge in [0.1, 0.15) is 11.7 Å². The third kappa shape index (κ3) is 3.71. The van der Waals surface area contributed by atoms with Gasteiger partial charge in [-0.1, -0.05) is 18.2 Å². The fourth-order valence-electron chi connectivity index (χ4n) is 2.36. The number of rotatable bonds is 2. The molecule has 0 saturated heterocycles. The second-order valence-electron chi connectivity index (χ2n) is 5.45. The third-order valence-corrected chi connectivity index (χ3v) is 3.52. The SMILES string of the molecule is O=C(NC1=NN(c2ccccc2)C(=O)C1)c1cc(F)cc(C(F)(F)F)c1. The van der Waals surface area contributed by atoms with Gasteiger partial charge < -0.3 is 5.32 Å². The topological polar surface area (TPSA) is 61.8 Å². The van der Waals surface area contributed by atoms with Crippen molar-refractivity contribution in [2.45, 2.75) is 12.6 Å². The number of benzene rings is 2. The number of amides is 2. The van der Waals surface area contributed by atoms with Crippen LogP contribution in [0.2, 0.25) is 0 Å². The smallest absolute Gasteiger partial charge is 0.308 e. The first-order chi connectivity index (χ1) is 12.2. The summed E-state index contributed by atoms with van der Waals surface area (Å²) in [5.41, 5.74) is -1.32. The molecule has 0 aliphatic carbocycles. The summed E-state index contributed by atoms with van der Waals surface area (Å²) in [6.45, 7) is 0. The lowest BCUT2D eigenvalue weighted by atomic mass is 10.1. The van der Waals surface area contributed by atoms with Gasteiger partial charge in [0, 0.05) is 5.56 Å². The van der Waals surface area contributed by atoms with Crippen molar-refractivity contribution in [3.8, 4) is 0 Å². The van der Waals surface area contributed by atoms with E-state index >= 15 is 0 Å². The number of nitrogens with one attached hydrogen (secondary N) is 1. The normalized spacial score (nSPS) is 14.4. The summed E-state index contributed by atoms with van der Waals surface area (Å²) in [6, 6.07) is 9.91. The van der Waals surface area contributed by atoms with Crippen LogP contribution in [0.15, 0.2) is 53.6 Å². The summed E-state index contributed by atoms with van der Waals surface area (Å²) in [7, 11) is 0. The molecule has 0 spiro atoms. The number of hydrazone groups is 1. The molecule has 26 heavy (non-hydrogen) atoms. The van der Waals surface area contributed by atoms with Gasteiger partial charge in [0.15, 0.2) is 0 Å². The van der Waals surface area contributed by atoms with E-state index in [1.165, 1.54) is 0 Å². The van der Waals surface area contributed by atoms with Gasteiger partial charge in [0.2, 0.25) is 0 Å². The fourth-order valence-corrected chi connectivity index (χ4v) is 2.36. The monoisotopic (exact) mass is 365 g/mol. The van der Waals surface area contributed by atoms with E-state index in [1.54, 1.807) is 30.3 Å². The molecule has 5 nitrogen and oxygen atoms in total. The minimum absolute atomic E-state index is 0.0401. The Hall–Kier alpha value is -3.23. The second kappa shape index (κ2) is 6.58. The van der Waals surface area contributed by atoms with Crippen molar-refractivity contribution in [3.63, 3.8) is 0 Å². The summed E-state index contributed by atoms with van der Waals surface area (Å²) in [4.78, 5) is 24.1. The van der Waals surface area contributed by atoms with Crippen molar-refractivity contribution < 1.29 is 27.2 Å². The van der Waals surface area contributed by atoms with Crippen molar-refractivity contribution in [1.82, 2.24) is 5.32 Å². The van der Waals surface area contributed by atoms with Crippen LogP contribution in [0.1, 0.15) is 22.3 Å². The van der Waals surface area contributed by atoms with Crippen LogP contribution in [0.5, 0.6) is 0 Å². The molecule has 1 aliphatic rings. The van der Waals surface area contributed by atoms with Gasteiger partial charge in [-0.2, -0.15) is 23.3 Å². The Kier molecular flexibility index (Phi) is 4.45. The quantitative estimate of drug-likeness (QED) is 0.830. The maximum atomic E-state index is 13.4. The van der Waals surface area contributed by atoms with Gasteiger partial charge in [-0.05, 0) is 30.3 Å². The van der Waals surface area contributed by atoms with E-state index < -0.39 is 34.9 Å². The number of hydrogen-bond acceptors (Lipinski definition) is 3. The first-order valence-electron chi connectivity index (χ1n) is 7.38. The highest BCUT2D eigenvalue weighted by molar-refractivity contribution is 6.17. The highest BCUT2D eigenvalue weighted by Gasteiger charge is 2.32. The largest absolute Gasteiger partial charge is 0.416 e. The van der Waals surface area contributed by atoms with E-state index in [-0.39, 0.29) is 12.3 Å². The summed E-state index contributed by atoms with van der Waals surface area (Å²) in [5.74, 6) is -2.64. The minimum atomic E-state index is -4.79. The molecular weight excluding hydrogens is 354 g/mol. The molecular formula is C17H11F4N3O2. The molecule has 0 radical (unpaired) electrons. The summed E-state index contributed by atoms with van der Waals surface area (Å²) in [5, 5.41) is 7.27. The Morgan fingerprint density at radius 3 is 2.46 bits per heavy atom. The predicted molar refractivity (Wildman–Crippen MR) is 84.8 cm³/mol. The van der Waals surface area contributed by atoms with E-state index in [0.29, 0.717) is 23.9 Å². The van der Waals surface area contributed by atoms with E-state index in [2.05, 4.69) is 10.4 Å². The highest BCUT2D eigenvalue weighted by Crippen LogP contribution is 2.30. The minimum Gasteiger partial charge on any atom is -0.308 e. The second-order valence-corrected chi connectivity index (χ2v) is 5.45. The number of alkyl halides is 3. The first-order valence-corrected chi connectivity index (χ1v) is 7.38. The molecule has 0 aromatic heterocycles. The Morgan fingerprint density at radius 1 is 1.12 bits per heavy atom. The number of halogens is 4. The molecule has 1 heterocycles. The Bertz CT molecular complexity index is 895. The van der Waals surface area contributed by atoms with E-state index in [0.717, 1.165) is 5.01 Å². The molecule has 0 bridgehead atoms. The maximum Gasteiger partial charge on any atom is 0.416 e. The van der Waals surface area contributed by atoms with Crippen LogP contribution in [0.25, 0.3) is 0 Å². The predicted octanol–water partition coefficient (Wildman–Crippen LogP) is 3.32. The van der Waals surface area contributed by atoms with Crippen LogP contribution in [-0.2, 0) is 11.0 Å². The standard InChI is InChI=1S/C17H11F4N3O2/c18-12-7-10(6-11(8-12)17(19,20)21)16(26)22-14-9-15(25)24(23-14)13-4-2-1-3-5-13/h1-8H,9H2,(H,22,23,26). The molecule has 0 unspecified atom stereocenters. The molecule has 1 aliphatic heterocycles. The Labute approximate surface area is 144 Å².